The fourth-order valence-corrected chi connectivity index (χ4v) is 3.15. The van der Waals surface area contributed by atoms with Gasteiger partial charge in [0.05, 0.1) is 0 Å². The molecule has 0 aliphatic rings. The van der Waals surface area contributed by atoms with Crippen molar-refractivity contribution in [1.29, 1.82) is 5.26 Å². The molecular formula is C24H22N4O2. The number of H-pyrrole nitrogens is 1. The van der Waals surface area contributed by atoms with Crippen LogP contribution >= 0.6 is 0 Å². The van der Waals surface area contributed by atoms with Crippen LogP contribution in [0.5, 0.6) is 11.5 Å². The summed E-state index contributed by atoms with van der Waals surface area (Å²) < 4.78 is 11.8. The molecular weight excluding hydrogens is 376 g/mol. The van der Waals surface area contributed by atoms with Gasteiger partial charge in [-0.3, -0.25) is 0 Å². The maximum Gasteiger partial charge on any atom is 0.146 e. The third kappa shape index (κ3) is 4.70. The SMILES string of the molecule is Cc1cccc(OCC(C)Oc2cc(C#N)nc(Nc3ccc4cc[nH]c4c3)c2)c1. The summed E-state index contributed by atoms with van der Waals surface area (Å²) in [6.45, 7) is 4.34. The molecule has 0 saturated heterocycles. The van der Waals surface area contributed by atoms with Crippen molar-refractivity contribution in [2.45, 2.75) is 20.0 Å². The van der Waals surface area contributed by atoms with E-state index in [1.165, 1.54) is 0 Å². The van der Waals surface area contributed by atoms with E-state index in [1.54, 1.807) is 12.1 Å². The fraction of sp³-hybridized carbons (Fsp3) is 0.167. The molecule has 0 aliphatic heterocycles. The van der Waals surface area contributed by atoms with Crippen LogP contribution in [0, 0.1) is 18.3 Å². The molecule has 4 rings (SSSR count). The van der Waals surface area contributed by atoms with Crippen molar-refractivity contribution in [2.24, 2.45) is 0 Å². The van der Waals surface area contributed by atoms with E-state index < -0.39 is 0 Å². The topological polar surface area (TPSA) is 83.0 Å². The zero-order valence-corrected chi connectivity index (χ0v) is 16.8. The summed E-state index contributed by atoms with van der Waals surface area (Å²) >= 11 is 0. The lowest BCUT2D eigenvalue weighted by Crippen LogP contribution is -2.21. The van der Waals surface area contributed by atoms with Crippen LogP contribution in [0.4, 0.5) is 11.5 Å². The first-order valence-electron chi connectivity index (χ1n) is 9.71. The second-order valence-corrected chi connectivity index (χ2v) is 7.15. The number of aryl methyl sites for hydroxylation is 1. The molecule has 0 amide bonds. The molecule has 0 saturated carbocycles. The summed E-state index contributed by atoms with van der Waals surface area (Å²) in [6, 6.07) is 21.4. The number of nitriles is 1. The van der Waals surface area contributed by atoms with Crippen LogP contribution in [-0.4, -0.2) is 22.7 Å². The van der Waals surface area contributed by atoms with Gasteiger partial charge in [0.2, 0.25) is 0 Å². The zero-order chi connectivity index (χ0) is 20.9. The first kappa shape index (κ1) is 19.3. The average Bonchev–Trinajstić information content (AvgIpc) is 3.20. The standard InChI is InChI=1S/C24H22N4O2/c1-16-4-3-5-21(10-16)29-15-17(2)30-22-11-20(14-25)28-24(13-22)27-19-7-6-18-8-9-26-23(18)12-19/h3-13,17,26H,15H2,1-2H3,(H,27,28). The summed E-state index contributed by atoms with van der Waals surface area (Å²) in [5.74, 6) is 1.91. The average molecular weight is 398 g/mol. The Bertz CT molecular complexity index is 1210. The minimum atomic E-state index is -0.206. The summed E-state index contributed by atoms with van der Waals surface area (Å²) in [5.41, 5.74) is 3.31. The Morgan fingerprint density at radius 1 is 1.10 bits per heavy atom. The van der Waals surface area contributed by atoms with Crippen molar-refractivity contribution in [1.82, 2.24) is 9.97 Å². The molecule has 150 valence electrons. The summed E-state index contributed by atoms with van der Waals surface area (Å²) in [7, 11) is 0. The zero-order valence-electron chi connectivity index (χ0n) is 16.8. The van der Waals surface area contributed by atoms with Crippen LogP contribution in [0.1, 0.15) is 18.2 Å². The first-order chi connectivity index (χ1) is 14.6. The minimum Gasteiger partial charge on any atom is -0.490 e. The number of rotatable bonds is 7. The predicted molar refractivity (Wildman–Crippen MR) is 117 cm³/mol. The van der Waals surface area contributed by atoms with Crippen LogP contribution in [-0.2, 0) is 0 Å². The molecule has 1 unspecified atom stereocenters. The lowest BCUT2D eigenvalue weighted by molar-refractivity contribution is 0.143. The number of aromatic nitrogens is 2. The Morgan fingerprint density at radius 2 is 2.00 bits per heavy atom. The van der Waals surface area contributed by atoms with E-state index in [2.05, 4.69) is 21.4 Å². The number of hydrogen-bond donors (Lipinski definition) is 2. The molecule has 2 N–H and O–H groups in total. The van der Waals surface area contributed by atoms with Gasteiger partial charge < -0.3 is 19.8 Å². The van der Waals surface area contributed by atoms with Crippen molar-refractivity contribution in [2.75, 3.05) is 11.9 Å². The van der Waals surface area contributed by atoms with Crippen LogP contribution in [0.25, 0.3) is 10.9 Å². The van der Waals surface area contributed by atoms with Gasteiger partial charge >= 0.3 is 0 Å². The van der Waals surface area contributed by atoms with E-state index >= 15 is 0 Å². The van der Waals surface area contributed by atoms with Crippen LogP contribution < -0.4 is 14.8 Å². The fourth-order valence-electron chi connectivity index (χ4n) is 3.15. The molecule has 0 spiro atoms. The number of fused-ring (bicyclic) bond motifs is 1. The third-order valence-electron chi connectivity index (χ3n) is 4.55. The van der Waals surface area contributed by atoms with Gasteiger partial charge in [-0.2, -0.15) is 5.26 Å². The van der Waals surface area contributed by atoms with E-state index in [-0.39, 0.29) is 11.8 Å². The van der Waals surface area contributed by atoms with Crippen LogP contribution in [0.2, 0.25) is 0 Å². The molecule has 1 atom stereocenters. The second kappa shape index (κ2) is 8.58. The number of anilines is 2. The van der Waals surface area contributed by atoms with Crippen molar-refractivity contribution < 1.29 is 9.47 Å². The molecule has 0 aliphatic carbocycles. The van der Waals surface area contributed by atoms with Gasteiger partial charge in [0.1, 0.15) is 41.8 Å². The maximum absolute atomic E-state index is 9.35. The molecule has 4 aromatic rings. The number of pyridine rings is 1. The quantitative estimate of drug-likeness (QED) is 0.439. The molecule has 2 aromatic heterocycles. The Hall–Kier alpha value is -3.98. The lowest BCUT2D eigenvalue weighted by Gasteiger charge is -2.17. The van der Waals surface area contributed by atoms with Gasteiger partial charge in [-0.15, -0.1) is 0 Å². The monoisotopic (exact) mass is 398 g/mol. The number of benzene rings is 2. The van der Waals surface area contributed by atoms with Crippen LogP contribution in [0.15, 0.2) is 66.9 Å². The summed E-state index contributed by atoms with van der Waals surface area (Å²) in [5, 5.41) is 13.7. The number of aromatic amines is 1. The molecule has 6 heteroatoms. The highest BCUT2D eigenvalue weighted by atomic mass is 16.5. The highest BCUT2D eigenvalue weighted by molar-refractivity contribution is 5.83. The van der Waals surface area contributed by atoms with Crippen molar-refractivity contribution >= 4 is 22.4 Å². The van der Waals surface area contributed by atoms with E-state index in [0.717, 1.165) is 27.9 Å². The molecule has 0 radical (unpaired) electrons. The van der Waals surface area contributed by atoms with E-state index in [9.17, 15) is 5.26 Å². The predicted octanol–water partition coefficient (Wildman–Crippen LogP) is 5.33. The lowest BCUT2D eigenvalue weighted by atomic mass is 10.2. The van der Waals surface area contributed by atoms with Gasteiger partial charge in [0.15, 0.2) is 0 Å². The number of hydrogen-bond acceptors (Lipinski definition) is 5. The van der Waals surface area contributed by atoms with Gasteiger partial charge in [0.25, 0.3) is 0 Å². The molecule has 2 heterocycles. The Labute approximate surface area is 175 Å². The molecule has 0 fully saturated rings. The maximum atomic E-state index is 9.35. The normalized spacial score (nSPS) is 11.6. The van der Waals surface area contributed by atoms with E-state index in [4.69, 9.17) is 9.47 Å². The molecule has 0 bridgehead atoms. The Kier molecular flexibility index (Phi) is 5.53. The van der Waals surface area contributed by atoms with Gasteiger partial charge in [-0.1, -0.05) is 18.2 Å². The van der Waals surface area contributed by atoms with Gasteiger partial charge in [-0.05, 0) is 55.1 Å². The van der Waals surface area contributed by atoms with E-state index in [1.807, 2.05) is 68.6 Å². The largest absolute Gasteiger partial charge is 0.490 e. The minimum absolute atomic E-state index is 0.206. The Balaban J connectivity index is 1.45. The second-order valence-electron chi connectivity index (χ2n) is 7.15. The van der Waals surface area contributed by atoms with Crippen LogP contribution in [0.3, 0.4) is 0 Å². The highest BCUT2D eigenvalue weighted by Gasteiger charge is 2.10. The number of nitrogens with one attached hydrogen (secondary N) is 2. The summed E-state index contributed by atoms with van der Waals surface area (Å²) in [6.07, 6.45) is 1.69. The van der Waals surface area contributed by atoms with Gasteiger partial charge in [-0.25, -0.2) is 4.98 Å². The molecule has 2 aromatic carbocycles. The van der Waals surface area contributed by atoms with Crippen molar-refractivity contribution in [3.8, 4) is 17.6 Å². The number of ether oxygens (including phenoxy) is 2. The Morgan fingerprint density at radius 3 is 2.83 bits per heavy atom. The highest BCUT2D eigenvalue weighted by Crippen LogP contribution is 2.24. The first-order valence-corrected chi connectivity index (χ1v) is 9.71. The van der Waals surface area contributed by atoms with Gasteiger partial charge in [0, 0.05) is 29.5 Å². The summed E-state index contributed by atoms with van der Waals surface area (Å²) in [4.78, 5) is 7.52. The molecule has 30 heavy (non-hydrogen) atoms. The number of nitrogens with zero attached hydrogens (tertiary/aromatic N) is 2. The third-order valence-corrected chi connectivity index (χ3v) is 4.55. The van der Waals surface area contributed by atoms with Crippen molar-refractivity contribution in [3.63, 3.8) is 0 Å². The smallest absolute Gasteiger partial charge is 0.146 e. The van der Waals surface area contributed by atoms with Crippen molar-refractivity contribution in [3.05, 3.63) is 78.1 Å². The van der Waals surface area contributed by atoms with E-state index in [0.29, 0.717) is 18.2 Å². The molecule has 6 nitrogen and oxygen atoms in total.